The van der Waals surface area contributed by atoms with Crippen LogP contribution in [0.5, 0.6) is 11.5 Å². The van der Waals surface area contributed by atoms with Crippen LogP contribution in [-0.2, 0) is 9.53 Å². The summed E-state index contributed by atoms with van der Waals surface area (Å²) in [6, 6.07) is 7.27. The lowest BCUT2D eigenvalue weighted by atomic mass is 10.2. The van der Waals surface area contributed by atoms with Crippen molar-refractivity contribution in [2.24, 2.45) is 5.92 Å². The average molecular weight is 315 g/mol. The molecule has 0 amide bonds. The van der Waals surface area contributed by atoms with E-state index in [-0.39, 0.29) is 11.9 Å². The maximum atomic E-state index is 11.5. The van der Waals surface area contributed by atoms with Crippen LogP contribution in [0.1, 0.15) is 33.6 Å². The third kappa shape index (κ3) is 7.23. The summed E-state index contributed by atoms with van der Waals surface area (Å²) in [7, 11) is 0. The summed E-state index contributed by atoms with van der Waals surface area (Å²) in [6.07, 6.45) is 1.21. The van der Waals surface area contributed by atoms with E-state index in [1.54, 1.807) is 32.9 Å². The molecular weight excluding hydrogens is 292 g/mol. The lowest BCUT2D eigenvalue weighted by Gasteiger charge is -2.17. The van der Waals surface area contributed by atoms with Gasteiger partial charge in [0.05, 0.1) is 12.5 Å². The van der Waals surface area contributed by atoms with Gasteiger partial charge in [-0.2, -0.15) is 0 Å². The summed E-state index contributed by atoms with van der Waals surface area (Å²) in [5.41, 5.74) is 0. The van der Waals surface area contributed by atoms with E-state index < -0.39 is 6.29 Å². The van der Waals surface area contributed by atoms with Crippen molar-refractivity contribution in [3.63, 3.8) is 0 Å². The summed E-state index contributed by atoms with van der Waals surface area (Å²) < 4.78 is 16.3. The van der Waals surface area contributed by atoms with Crippen LogP contribution in [0.15, 0.2) is 24.3 Å². The highest BCUT2D eigenvalue weighted by atomic mass is 35.5. The zero-order valence-corrected chi connectivity index (χ0v) is 13.6. The maximum Gasteiger partial charge on any atom is 0.311 e. The van der Waals surface area contributed by atoms with Gasteiger partial charge in [0.2, 0.25) is 6.29 Å². The number of hydrogen-bond donors (Lipinski definition) is 0. The lowest BCUT2D eigenvalue weighted by Crippen LogP contribution is -2.23. The predicted octanol–water partition coefficient (Wildman–Crippen LogP) is 4.01. The predicted molar refractivity (Wildman–Crippen MR) is 82.9 cm³/mol. The number of halogens is 1. The Hall–Kier alpha value is -1.42. The van der Waals surface area contributed by atoms with Crippen LogP contribution in [0.4, 0.5) is 0 Å². The van der Waals surface area contributed by atoms with E-state index >= 15 is 0 Å². The number of rotatable bonds is 9. The van der Waals surface area contributed by atoms with E-state index in [0.29, 0.717) is 18.2 Å². The molecule has 1 atom stereocenters. The number of carbonyl (C=O) groups excluding carboxylic acids is 1. The molecule has 0 aromatic heterocycles. The molecule has 0 saturated heterocycles. The van der Waals surface area contributed by atoms with Crippen LogP contribution in [-0.4, -0.2) is 24.7 Å². The zero-order chi connectivity index (χ0) is 15.7. The second-order valence-electron chi connectivity index (χ2n) is 5.00. The van der Waals surface area contributed by atoms with Crippen LogP contribution in [0.2, 0.25) is 0 Å². The van der Waals surface area contributed by atoms with Crippen molar-refractivity contribution in [3.8, 4) is 11.5 Å². The Morgan fingerprint density at radius 3 is 2.57 bits per heavy atom. The molecule has 0 N–H and O–H groups in total. The molecule has 0 saturated carbocycles. The molecule has 1 aromatic carbocycles. The molecule has 0 heterocycles. The molecule has 1 rings (SSSR count). The molecule has 5 heteroatoms. The quantitative estimate of drug-likeness (QED) is 0.299. The molecular formula is C16H23ClO4. The second kappa shape index (κ2) is 9.50. The number of benzene rings is 1. The van der Waals surface area contributed by atoms with Gasteiger partial charge in [0.15, 0.2) is 0 Å². The number of esters is 1. The van der Waals surface area contributed by atoms with E-state index in [1.807, 2.05) is 12.1 Å². The molecule has 0 aliphatic rings. The van der Waals surface area contributed by atoms with Gasteiger partial charge in [0.1, 0.15) is 11.5 Å². The number of carbonyl (C=O) groups is 1. The number of alkyl halides is 1. The van der Waals surface area contributed by atoms with Crippen molar-refractivity contribution in [1.82, 2.24) is 0 Å². The minimum atomic E-state index is -0.633. The Labute approximate surface area is 131 Å². The largest absolute Gasteiger partial charge is 0.493 e. The fraction of sp³-hybridized carbons (Fsp3) is 0.562. The third-order valence-electron chi connectivity index (χ3n) is 2.66. The van der Waals surface area contributed by atoms with Gasteiger partial charge in [-0.15, -0.1) is 11.6 Å². The first-order chi connectivity index (χ1) is 10.0. The number of hydrogen-bond acceptors (Lipinski definition) is 4. The first-order valence-corrected chi connectivity index (χ1v) is 7.72. The number of ether oxygens (including phenoxy) is 3. The molecule has 0 bridgehead atoms. The summed E-state index contributed by atoms with van der Waals surface area (Å²) in [5, 5.41) is 0. The molecule has 0 aliphatic carbocycles. The zero-order valence-electron chi connectivity index (χ0n) is 12.8. The van der Waals surface area contributed by atoms with Crippen LogP contribution in [0.25, 0.3) is 0 Å². The molecule has 0 spiro atoms. The Morgan fingerprint density at radius 2 is 1.90 bits per heavy atom. The van der Waals surface area contributed by atoms with Crippen molar-refractivity contribution in [2.45, 2.75) is 39.9 Å². The SMILES string of the molecule is CC(OC(=O)C(C)C)Oc1cccc(OCCCCCl)c1. The third-order valence-corrected chi connectivity index (χ3v) is 2.93. The van der Waals surface area contributed by atoms with Crippen LogP contribution in [0, 0.1) is 5.92 Å². The molecule has 1 unspecified atom stereocenters. The highest BCUT2D eigenvalue weighted by Gasteiger charge is 2.14. The van der Waals surface area contributed by atoms with Crippen LogP contribution < -0.4 is 9.47 Å². The maximum absolute atomic E-state index is 11.5. The Kier molecular flexibility index (Phi) is 7.98. The van der Waals surface area contributed by atoms with Crippen molar-refractivity contribution in [2.75, 3.05) is 12.5 Å². The van der Waals surface area contributed by atoms with Crippen molar-refractivity contribution < 1.29 is 19.0 Å². The fourth-order valence-electron chi connectivity index (χ4n) is 1.54. The van der Waals surface area contributed by atoms with E-state index in [4.69, 9.17) is 25.8 Å². The van der Waals surface area contributed by atoms with Crippen molar-refractivity contribution >= 4 is 17.6 Å². The van der Waals surface area contributed by atoms with E-state index in [2.05, 4.69) is 0 Å². The molecule has 0 radical (unpaired) electrons. The van der Waals surface area contributed by atoms with Gasteiger partial charge in [-0.25, -0.2) is 0 Å². The summed E-state index contributed by atoms with van der Waals surface area (Å²) in [5.74, 6) is 1.52. The van der Waals surface area contributed by atoms with Gasteiger partial charge in [-0.05, 0) is 25.0 Å². The van der Waals surface area contributed by atoms with Crippen molar-refractivity contribution in [3.05, 3.63) is 24.3 Å². The van der Waals surface area contributed by atoms with Gasteiger partial charge in [-0.3, -0.25) is 4.79 Å². The van der Waals surface area contributed by atoms with Gasteiger partial charge < -0.3 is 14.2 Å². The summed E-state index contributed by atoms with van der Waals surface area (Å²) in [6.45, 7) is 5.87. The minimum Gasteiger partial charge on any atom is -0.493 e. The van der Waals surface area contributed by atoms with Gasteiger partial charge in [-0.1, -0.05) is 19.9 Å². The molecule has 0 fully saturated rings. The first-order valence-electron chi connectivity index (χ1n) is 7.19. The average Bonchev–Trinajstić information content (AvgIpc) is 2.43. The van der Waals surface area contributed by atoms with Gasteiger partial charge in [0, 0.05) is 18.9 Å². The topological polar surface area (TPSA) is 44.8 Å². The normalized spacial score (nSPS) is 12.0. The second-order valence-corrected chi connectivity index (χ2v) is 5.37. The van der Waals surface area contributed by atoms with Crippen molar-refractivity contribution in [1.29, 1.82) is 0 Å². The molecule has 4 nitrogen and oxygen atoms in total. The minimum absolute atomic E-state index is 0.173. The molecule has 21 heavy (non-hydrogen) atoms. The molecule has 118 valence electrons. The molecule has 0 aliphatic heterocycles. The number of unbranched alkanes of at least 4 members (excludes halogenated alkanes) is 1. The Balaban J connectivity index is 2.46. The van der Waals surface area contributed by atoms with Gasteiger partial charge in [0.25, 0.3) is 0 Å². The fourth-order valence-corrected chi connectivity index (χ4v) is 1.73. The lowest BCUT2D eigenvalue weighted by molar-refractivity contribution is -0.165. The monoisotopic (exact) mass is 314 g/mol. The van der Waals surface area contributed by atoms with E-state index in [9.17, 15) is 4.79 Å². The first kappa shape index (κ1) is 17.6. The van der Waals surface area contributed by atoms with Crippen LogP contribution >= 0.6 is 11.6 Å². The molecule has 1 aromatic rings. The Morgan fingerprint density at radius 1 is 1.19 bits per heavy atom. The smallest absolute Gasteiger partial charge is 0.311 e. The summed E-state index contributed by atoms with van der Waals surface area (Å²) in [4.78, 5) is 11.5. The Bertz CT molecular complexity index is 434. The highest BCUT2D eigenvalue weighted by molar-refractivity contribution is 6.17. The van der Waals surface area contributed by atoms with E-state index in [0.717, 1.165) is 18.6 Å². The summed E-state index contributed by atoms with van der Waals surface area (Å²) >= 11 is 5.61. The van der Waals surface area contributed by atoms with E-state index in [1.165, 1.54) is 0 Å². The standard InChI is InChI=1S/C16H23ClO4/c1-12(2)16(18)21-13(3)20-15-8-6-7-14(11-15)19-10-5-4-9-17/h6-8,11-13H,4-5,9-10H2,1-3H3. The highest BCUT2D eigenvalue weighted by Crippen LogP contribution is 2.21. The van der Waals surface area contributed by atoms with Crippen LogP contribution in [0.3, 0.4) is 0 Å². The van der Waals surface area contributed by atoms with Gasteiger partial charge >= 0.3 is 5.97 Å².